The van der Waals surface area contributed by atoms with Crippen LogP contribution in [-0.2, 0) is 0 Å². The lowest BCUT2D eigenvalue weighted by atomic mass is 10.1. The first-order chi connectivity index (χ1) is 8.97. The molecular formula is C13H13BrN4O. The van der Waals surface area contributed by atoms with Gasteiger partial charge in [0.15, 0.2) is 0 Å². The average Bonchev–Trinajstić information content (AvgIpc) is 2.26. The lowest BCUT2D eigenvalue weighted by Crippen LogP contribution is -2.15. The monoisotopic (exact) mass is 320 g/mol. The molecule has 0 spiro atoms. The molecule has 0 amide bonds. The van der Waals surface area contributed by atoms with Crippen molar-refractivity contribution in [2.45, 2.75) is 13.8 Å². The Hall–Kier alpha value is -1.95. The van der Waals surface area contributed by atoms with E-state index in [-0.39, 0.29) is 5.84 Å². The number of nitrogens with two attached hydrogens (primary N) is 1. The van der Waals surface area contributed by atoms with Gasteiger partial charge < -0.3 is 10.5 Å². The predicted octanol–water partition coefficient (Wildman–Crippen LogP) is 2.93. The molecule has 0 aliphatic rings. The highest BCUT2D eigenvalue weighted by Crippen LogP contribution is 2.27. The Kier molecular flexibility index (Phi) is 3.80. The van der Waals surface area contributed by atoms with E-state index >= 15 is 0 Å². The highest BCUT2D eigenvalue weighted by Gasteiger charge is 2.14. The molecule has 0 aliphatic heterocycles. The van der Waals surface area contributed by atoms with Crippen LogP contribution in [-0.4, -0.2) is 15.8 Å². The van der Waals surface area contributed by atoms with Gasteiger partial charge in [0, 0.05) is 16.4 Å². The molecule has 2 aromatic heterocycles. The molecule has 0 aromatic carbocycles. The van der Waals surface area contributed by atoms with Gasteiger partial charge in [0.25, 0.3) is 0 Å². The molecule has 5 nitrogen and oxygen atoms in total. The number of pyridine rings is 2. The summed E-state index contributed by atoms with van der Waals surface area (Å²) in [5.41, 5.74) is 7.76. The lowest BCUT2D eigenvalue weighted by Gasteiger charge is -2.12. The van der Waals surface area contributed by atoms with Gasteiger partial charge in [0.1, 0.15) is 11.6 Å². The van der Waals surface area contributed by atoms with Crippen molar-refractivity contribution in [3.8, 4) is 11.6 Å². The first-order valence-electron chi connectivity index (χ1n) is 5.58. The predicted molar refractivity (Wildman–Crippen MR) is 76.7 cm³/mol. The second kappa shape index (κ2) is 5.36. The van der Waals surface area contributed by atoms with Crippen molar-refractivity contribution in [2.24, 2.45) is 5.73 Å². The molecule has 19 heavy (non-hydrogen) atoms. The van der Waals surface area contributed by atoms with E-state index in [1.807, 2.05) is 19.9 Å². The van der Waals surface area contributed by atoms with Gasteiger partial charge in [-0.15, -0.1) is 0 Å². The van der Waals surface area contributed by atoms with E-state index in [1.54, 1.807) is 18.5 Å². The molecule has 3 N–H and O–H groups in total. The SMILES string of the molecule is Cc1cc(C)c(C(=N)N)c(Oc2cncc(Br)c2)n1. The van der Waals surface area contributed by atoms with Gasteiger partial charge >= 0.3 is 0 Å². The van der Waals surface area contributed by atoms with Crippen molar-refractivity contribution < 1.29 is 4.74 Å². The van der Waals surface area contributed by atoms with Gasteiger partial charge in [-0.05, 0) is 47.5 Å². The number of nitrogens with zero attached hydrogens (tertiary/aromatic N) is 2. The third-order valence-corrected chi connectivity index (χ3v) is 2.91. The van der Waals surface area contributed by atoms with E-state index in [0.717, 1.165) is 15.7 Å². The van der Waals surface area contributed by atoms with Crippen LogP contribution in [0.15, 0.2) is 29.0 Å². The second-order valence-electron chi connectivity index (χ2n) is 4.12. The van der Waals surface area contributed by atoms with Gasteiger partial charge in [-0.1, -0.05) is 0 Å². The van der Waals surface area contributed by atoms with E-state index in [9.17, 15) is 0 Å². The third-order valence-electron chi connectivity index (χ3n) is 2.48. The third kappa shape index (κ3) is 3.08. The van der Waals surface area contributed by atoms with Crippen molar-refractivity contribution in [1.29, 1.82) is 5.41 Å². The van der Waals surface area contributed by atoms with Crippen molar-refractivity contribution >= 4 is 21.8 Å². The van der Waals surface area contributed by atoms with Gasteiger partial charge in [0.05, 0.1) is 11.8 Å². The maximum absolute atomic E-state index is 7.63. The van der Waals surface area contributed by atoms with Crippen LogP contribution in [0.5, 0.6) is 11.6 Å². The zero-order chi connectivity index (χ0) is 14.0. The minimum Gasteiger partial charge on any atom is -0.437 e. The van der Waals surface area contributed by atoms with E-state index in [2.05, 4.69) is 25.9 Å². The van der Waals surface area contributed by atoms with Gasteiger partial charge in [-0.3, -0.25) is 10.4 Å². The summed E-state index contributed by atoms with van der Waals surface area (Å²) < 4.78 is 6.49. The maximum Gasteiger partial charge on any atom is 0.230 e. The molecule has 0 aliphatic carbocycles. The zero-order valence-corrected chi connectivity index (χ0v) is 12.2. The zero-order valence-electron chi connectivity index (χ0n) is 10.6. The molecular weight excluding hydrogens is 308 g/mol. The van der Waals surface area contributed by atoms with Crippen LogP contribution in [0.4, 0.5) is 0 Å². The molecule has 2 aromatic rings. The fraction of sp³-hybridized carbons (Fsp3) is 0.154. The van der Waals surface area contributed by atoms with Crippen LogP contribution in [0.1, 0.15) is 16.8 Å². The number of nitrogens with one attached hydrogen (secondary N) is 1. The summed E-state index contributed by atoms with van der Waals surface area (Å²) in [5, 5.41) is 7.63. The number of ether oxygens (including phenoxy) is 1. The van der Waals surface area contributed by atoms with Crippen LogP contribution >= 0.6 is 15.9 Å². The molecule has 0 saturated heterocycles. The second-order valence-corrected chi connectivity index (χ2v) is 5.03. The van der Waals surface area contributed by atoms with Gasteiger partial charge in [-0.2, -0.15) is 0 Å². The highest BCUT2D eigenvalue weighted by atomic mass is 79.9. The van der Waals surface area contributed by atoms with Crippen LogP contribution in [0, 0.1) is 19.3 Å². The number of hydrogen-bond donors (Lipinski definition) is 2. The number of halogens is 1. The lowest BCUT2D eigenvalue weighted by molar-refractivity contribution is 0.457. The maximum atomic E-state index is 7.63. The molecule has 2 rings (SSSR count). The standard InChI is InChI=1S/C13H13BrN4O/c1-7-3-8(2)18-13(11(7)12(15)16)19-10-4-9(14)5-17-6-10/h3-6H,1-2H3,(H3,15,16). The van der Waals surface area contributed by atoms with E-state index < -0.39 is 0 Å². The van der Waals surface area contributed by atoms with Crippen LogP contribution in [0.2, 0.25) is 0 Å². The highest BCUT2D eigenvalue weighted by molar-refractivity contribution is 9.10. The van der Waals surface area contributed by atoms with E-state index in [4.69, 9.17) is 15.9 Å². The number of hydrogen-bond acceptors (Lipinski definition) is 4. The summed E-state index contributed by atoms with van der Waals surface area (Å²) in [4.78, 5) is 8.31. The van der Waals surface area contributed by atoms with Crippen molar-refractivity contribution in [1.82, 2.24) is 9.97 Å². The summed E-state index contributed by atoms with van der Waals surface area (Å²) >= 11 is 3.32. The molecule has 0 bridgehead atoms. The minimum atomic E-state index is -0.0667. The molecule has 0 atom stereocenters. The molecule has 0 radical (unpaired) electrons. The Morgan fingerprint density at radius 2 is 2.05 bits per heavy atom. The Balaban J connectivity index is 2.47. The number of rotatable bonds is 3. The van der Waals surface area contributed by atoms with E-state index in [1.165, 1.54) is 0 Å². The summed E-state index contributed by atoms with van der Waals surface area (Å²) in [5.74, 6) is 0.794. The summed E-state index contributed by atoms with van der Waals surface area (Å²) in [6.45, 7) is 3.74. The Morgan fingerprint density at radius 3 is 2.68 bits per heavy atom. The molecule has 0 fully saturated rings. The molecule has 98 valence electrons. The Labute approximate surface area is 119 Å². The van der Waals surface area contributed by atoms with Gasteiger partial charge in [0.2, 0.25) is 5.88 Å². The van der Waals surface area contributed by atoms with E-state index in [0.29, 0.717) is 17.2 Å². The van der Waals surface area contributed by atoms with Crippen molar-refractivity contribution in [3.63, 3.8) is 0 Å². The number of amidine groups is 1. The van der Waals surface area contributed by atoms with Crippen molar-refractivity contribution in [3.05, 3.63) is 45.8 Å². The molecule has 6 heteroatoms. The molecule has 2 heterocycles. The van der Waals surface area contributed by atoms with Crippen LogP contribution in [0.25, 0.3) is 0 Å². The minimum absolute atomic E-state index is 0.0667. The quantitative estimate of drug-likeness (QED) is 0.672. The summed E-state index contributed by atoms with van der Waals surface area (Å²) in [6.07, 6.45) is 3.24. The number of aryl methyl sites for hydroxylation is 2. The number of aromatic nitrogens is 2. The van der Waals surface area contributed by atoms with Crippen LogP contribution < -0.4 is 10.5 Å². The fourth-order valence-electron chi connectivity index (χ4n) is 1.76. The number of nitrogen functional groups attached to an aromatic ring is 1. The average molecular weight is 321 g/mol. The smallest absolute Gasteiger partial charge is 0.230 e. The van der Waals surface area contributed by atoms with Crippen molar-refractivity contribution in [2.75, 3.05) is 0 Å². The first kappa shape index (κ1) is 13.5. The largest absolute Gasteiger partial charge is 0.437 e. The van der Waals surface area contributed by atoms with Crippen LogP contribution in [0.3, 0.4) is 0 Å². The Morgan fingerprint density at radius 1 is 1.32 bits per heavy atom. The topological polar surface area (TPSA) is 84.9 Å². The normalized spacial score (nSPS) is 10.3. The Bertz CT molecular complexity index is 643. The summed E-state index contributed by atoms with van der Waals surface area (Å²) in [6, 6.07) is 3.64. The first-order valence-corrected chi connectivity index (χ1v) is 6.37. The molecule has 0 saturated carbocycles. The summed E-state index contributed by atoms with van der Waals surface area (Å²) in [7, 11) is 0. The van der Waals surface area contributed by atoms with Gasteiger partial charge in [-0.25, -0.2) is 4.98 Å². The fourth-order valence-corrected chi connectivity index (χ4v) is 2.11. The molecule has 0 unspecified atom stereocenters.